The molecule has 1 saturated heterocycles. The van der Waals surface area contributed by atoms with Gasteiger partial charge in [-0.05, 0) is 25.9 Å². The van der Waals surface area contributed by atoms with E-state index in [1.807, 2.05) is 0 Å². The summed E-state index contributed by atoms with van der Waals surface area (Å²) in [7, 11) is 1.76. The molecular weight excluding hydrogens is 220 g/mol. The Labute approximate surface area is 103 Å². The van der Waals surface area contributed by atoms with Crippen molar-refractivity contribution in [3.8, 4) is 0 Å². The molecule has 1 fully saturated rings. The summed E-state index contributed by atoms with van der Waals surface area (Å²) in [6.45, 7) is 6.74. The van der Waals surface area contributed by atoms with Crippen molar-refractivity contribution in [1.29, 1.82) is 0 Å². The van der Waals surface area contributed by atoms with E-state index < -0.39 is 12.1 Å². The average molecular weight is 244 g/mol. The summed E-state index contributed by atoms with van der Waals surface area (Å²) in [5.41, 5.74) is 0. The van der Waals surface area contributed by atoms with Gasteiger partial charge in [-0.15, -0.1) is 0 Å². The quantitative estimate of drug-likeness (QED) is 0.693. The minimum Gasteiger partial charge on any atom is -0.480 e. The molecule has 0 radical (unpaired) electrons. The zero-order valence-electron chi connectivity index (χ0n) is 11.0. The Hall–Kier alpha value is -0.650. The lowest BCUT2D eigenvalue weighted by Crippen LogP contribution is -2.43. The highest BCUT2D eigenvalue weighted by molar-refractivity contribution is 5.69. The lowest BCUT2D eigenvalue weighted by molar-refractivity contribution is -0.138. The number of β-amino-alcohol motifs (C(OH)–C–C–N with tert-alkyl or cyclic N) is 1. The topological polar surface area (TPSA) is 64.0 Å². The number of carboxylic acids is 1. The van der Waals surface area contributed by atoms with Crippen LogP contribution in [0.5, 0.6) is 0 Å². The van der Waals surface area contributed by atoms with Crippen LogP contribution in [0.15, 0.2) is 0 Å². The van der Waals surface area contributed by atoms with Crippen LogP contribution in [0.1, 0.15) is 20.3 Å². The predicted molar refractivity (Wildman–Crippen MR) is 66.0 cm³/mol. The van der Waals surface area contributed by atoms with Gasteiger partial charge in [-0.3, -0.25) is 14.6 Å². The second-order valence-electron chi connectivity index (χ2n) is 5.39. The van der Waals surface area contributed by atoms with E-state index in [1.54, 1.807) is 11.9 Å². The van der Waals surface area contributed by atoms with Crippen LogP contribution in [0, 0.1) is 5.92 Å². The van der Waals surface area contributed by atoms with Crippen LogP contribution < -0.4 is 0 Å². The molecule has 1 aliphatic heterocycles. The number of aliphatic carboxylic acids is 1. The molecule has 0 aromatic heterocycles. The molecule has 0 bridgehead atoms. The third-order valence-electron chi connectivity index (χ3n) is 3.31. The van der Waals surface area contributed by atoms with E-state index in [2.05, 4.69) is 18.7 Å². The summed E-state index contributed by atoms with van der Waals surface area (Å²) < 4.78 is 0. The first-order valence-electron chi connectivity index (χ1n) is 6.22. The Bertz CT molecular complexity index is 258. The minimum atomic E-state index is -0.847. The van der Waals surface area contributed by atoms with Crippen LogP contribution in [-0.2, 0) is 4.79 Å². The van der Waals surface area contributed by atoms with Gasteiger partial charge in [0.2, 0.25) is 0 Å². The highest BCUT2D eigenvalue weighted by Gasteiger charge is 2.34. The zero-order valence-corrected chi connectivity index (χ0v) is 11.0. The third kappa shape index (κ3) is 4.61. The van der Waals surface area contributed by atoms with Gasteiger partial charge in [0.25, 0.3) is 0 Å². The number of likely N-dealkylation sites (tertiary alicyclic amines) is 1. The Balaban J connectivity index is 2.40. The van der Waals surface area contributed by atoms with E-state index in [0.29, 0.717) is 12.5 Å². The molecule has 5 heteroatoms. The molecule has 5 nitrogen and oxygen atoms in total. The zero-order chi connectivity index (χ0) is 13.0. The van der Waals surface area contributed by atoms with Gasteiger partial charge in [-0.2, -0.15) is 0 Å². The van der Waals surface area contributed by atoms with Crippen molar-refractivity contribution in [2.45, 2.75) is 32.4 Å². The second-order valence-corrected chi connectivity index (χ2v) is 5.39. The van der Waals surface area contributed by atoms with Crippen molar-refractivity contribution in [3.63, 3.8) is 0 Å². The maximum Gasteiger partial charge on any atom is 0.317 e. The molecule has 0 aromatic rings. The Morgan fingerprint density at radius 2 is 2.12 bits per heavy atom. The lowest BCUT2D eigenvalue weighted by atomic mass is 10.1. The number of hydrogen-bond acceptors (Lipinski definition) is 4. The molecule has 0 unspecified atom stereocenters. The average Bonchev–Trinajstić information content (AvgIpc) is 2.55. The van der Waals surface area contributed by atoms with Crippen molar-refractivity contribution in [2.75, 3.05) is 33.2 Å². The van der Waals surface area contributed by atoms with Gasteiger partial charge in [0.15, 0.2) is 0 Å². The number of aliphatic hydroxyl groups is 1. The number of carboxylic acid groups (broad SMARTS) is 1. The summed E-state index contributed by atoms with van der Waals surface area (Å²) in [5.74, 6) is -0.191. The number of rotatable bonds is 6. The Morgan fingerprint density at radius 3 is 2.65 bits per heavy atom. The molecule has 0 aromatic carbocycles. The van der Waals surface area contributed by atoms with E-state index in [9.17, 15) is 9.90 Å². The van der Waals surface area contributed by atoms with E-state index in [1.165, 1.54) is 0 Å². The number of nitrogens with zero attached hydrogens (tertiary/aromatic N) is 2. The molecule has 0 saturated carbocycles. The van der Waals surface area contributed by atoms with E-state index in [0.717, 1.165) is 19.5 Å². The lowest BCUT2D eigenvalue weighted by Gasteiger charge is -2.24. The summed E-state index contributed by atoms with van der Waals surface area (Å²) in [5, 5.41) is 18.7. The minimum absolute atomic E-state index is 0.0141. The summed E-state index contributed by atoms with van der Waals surface area (Å²) >= 11 is 0. The molecular formula is C12H24N2O3. The first-order valence-corrected chi connectivity index (χ1v) is 6.22. The molecule has 0 aliphatic carbocycles. The van der Waals surface area contributed by atoms with Gasteiger partial charge in [0.05, 0.1) is 12.6 Å². The highest BCUT2D eigenvalue weighted by Crippen LogP contribution is 2.16. The van der Waals surface area contributed by atoms with Crippen molar-refractivity contribution in [2.24, 2.45) is 5.92 Å². The highest BCUT2D eigenvalue weighted by atomic mass is 16.4. The van der Waals surface area contributed by atoms with Crippen LogP contribution in [0.25, 0.3) is 0 Å². The van der Waals surface area contributed by atoms with Gasteiger partial charge in [0, 0.05) is 19.1 Å². The SMILES string of the molecule is CC(C)CCN1C[C@@H](O)[C@@H](N(C)CC(=O)O)C1. The second kappa shape index (κ2) is 6.33. The number of hydrogen-bond donors (Lipinski definition) is 2. The first kappa shape index (κ1) is 14.4. The maximum absolute atomic E-state index is 10.6. The van der Waals surface area contributed by atoms with Crippen molar-refractivity contribution < 1.29 is 15.0 Å². The predicted octanol–water partition coefficient (Wildman–Crippen LogP) is 0.0940. The van der Waals surface area contributed by atoms with Crippen molar-refractivity contribution >= 4 is 5.97 Å². The molecule has 1 aliphatic rings. The third-order valence-corrected chi connectivity index (χ3v) is 3.31. The van der Waals surface area contributed by atoms with Crippen LogP contribution in [0.2, 0.25) is 0 Å². The number of carbonyl (C=O) groups is 1. The molecule has 0 spiro atoms. The van der Waals surface area contributed by atoms with E-state index in [4.69, 9.17) is 5.11 Å². The summed E-state index contributed by atoms with van der Waals surface area (Å²) in [6, 6.07) is -0.0572. The summed E-state index contributed by atoms with van der Waals surface area (Å²) in [4.78, 5) is 14.6. The van der Waals surface area contributed by atoms with Crippen LogP contribution in [0.4, 0.5) is 0 Å². The molecule has 0 amide bonds. The number of aliphatic hydroxyl groups excluding tert-OH is 1. The molecule has 2 atom stereocenters. The maximum atomic E-state index is 10.6. The van der Waals surface area contributed by atoms with Gasteiger partial charge < -0.3 is 10.2 Å². The van der Waals surface area contributed by atoms with Crippen molar-refractivity contribution in [3.05, 3.63) is 0 Å². The molecule has 2 N–H and O–H groups in total. The molecule has 1 heterocycles. The smallest absolute Gasteiger partial charge is 0.317 e. The monoisotopic (exact) mass is 244 g/mol. The molecule has 100 valence electrons. The standard InChI is InChI=1S/C12H24N2O3/c1-9(2)4-5-14-6-10(11(15)7-14)13(3)8-12(16)17/h9-11,15H,4-8H2,1-3H3,(H,16,17)/t10-,11+/m0/s1. The normalized spacial score (nSPS) is 26.0. The fraction of sp³-hybridized carbons (Fsp3) is 0.917. The van der Waals surface area contributed by atoms with Crippen LogP contribution in [0.3, 0.4) is 0 Å². The summed E-state index contributed by atoms with van der Waals surface area (Å²) in [6.07, 6.45) is 0.675. The van der Waals surface area contributed by atoms with Gasteiger partial charge in [0.1, 0.15) is 0 Å². The van der Waals surface area contributed by atoms with E-state index >= 15 is 0 Å². The largest absolute Gasteiger partial charge is 0.480 e. The van der Waals surface area contributed by atoms with Crippen LogP contribution in [-0.4, -0.2) is 71.4 Å². The van der Waals surface area contributed by atoms with Gasteiger partial charge >= 0.3 is 5.97 Å². The first-order chi connectivity index (χ1) is 7.90. The Kier molecular flexibility index (Phi) is 5.36. The van der Waals surface area contributed by atoms with Crippen LogP contribution >= 0.6 is 0 Å². The van der Waals surface area contributed by atoms with E-state index in [-0.39, 0.29) is 12.6 Å². The van der Waals surface area contributed by atoms with Gasteiger partial charge in [-0.25, -0.2) is 0 Å². The molecule has 17 heavy (non-hydrogen) atoms. The van der Waals surface area contributed by atoms with Gasteiger partial charge in [-0.1, -0.05) is 13.8 Å². The fourth-order valence-corrected chi connectivity index (χ4v) is 2.23. The Morgan fingerprint density at radius 1 is 1.47 bits per heavy atom. The van der Waals surface area contributed by atoms with Crippen molar-refractivity contribution in [1.82, 2.24) is 9.80 Å². The number of likely N-dealkylation sites (N-methyl/N-ethyl adjacent to an activating group) is 1. The molecule has 1 rings (SSSR count). The fourth-order valence-electron chi connectivity index (χ4n) is 2.23.